The summed E-state index contributed by atoms with van der Waals surface area (Å²) >= 11 is 6.03. The third-order valence-electron chi connectivity index (χ3n) is 4.30. The molecule has 0 aliphatic carbocycles. The van der Waals surface area contributed by atoms with E-state index in [1.807, 2.05) is 18.2 Å². The van der Waals surface area contributed by atoms with Gasteiger partial charge in [0.1, 0.15) is 0 Å². The third kappa shape index (κ3) is 3.39. The molecule has 1 aromatic heterocycles. The predicted octanol–water partition coefficient (Wildman–Crippen LogP) is 3.61. The molecule has 0 spiro atoms. The minimum absolute atomic E-state index is 0.0160. The van der Waals surface area contributed by atoms with E-state index in [0.29, 0.717) is 35.7 Å². The largest absolute Gasteiger partial charge is 0.462 e. The molecule has 0 radical (unpaired) electrons. The van der Waals surface area contributed by atoms with Gasteiger partial charge < -0.3 is 9.30 Å². The second-order valence-electron chi connectivity index (χ2n) is 5.97. The van der Waals surface area contributed by atoms with E-state index < -0.39 is 0 Å². The van der Waals surface area contributed by atoms with Crippen LogP contribution in [0, 0.1) is 0 Å². The van der Waals surface area contributed by atoms with E-state index in [-0.39, 0.29) is 11.5 Å². The van der Waals surface area contributed by atoms with E-state index in [4.69, 9.17) is 16.3 Å². The summed E-state index contributed by atoms with van der Waals surface area (Å²) in [6.07, 6.45) is 3.13. The van der Waals surface area contributed by atoms with Crippen molar-refractivity contribution < 1.29 is 9.53 Å². The Bertz CT molecular complexity index is 826. The summed E-state index contributed by atoms with van der Waals surface area (Å²) in [6, 6.07) is 9.14. The van der Waals surface area contributed by atoms with Gasteiger partial charge in [0.2, 0.25) is 0 Å². The van der Waals surface area contributed by atoms with Gasteiger partial charge in [-0.15, -0.1) is 0 Å². The van der Waals surface area contributed by atoms with Crippen molar-refractivity contribution in [2.75, 3.05) is 6.61 Å². The van der Waals surface area contributed by atoms with Crippen LogP contribution in [-0.2, 0) is 24.1 Å². The van der Waals surface area contributed by atoms with Crippen LogP contribution in [0.5, 0.6) is 0 Å². The number of fused-ring (bicyclic) bond motifs is 1. The van der Waals surface area contributed by atoms with E-state index in [1.165, 1.54) is 0 Å². The zero-order valence-corrected chi connectivity index (χ0v) is 14.4. The van der Waals surface area contributed by atoms with Gasteiger partial charge >= 0.3 is 5.97 Å². The highest BCUT2D eigenvalue weighted by molar-refractivity contribution is 6.30. The van der Waals surface area contributed by atoms with Gasteiger partial charge in [0, 0.05) is 29.2 Å². The molecule has 0 saturated carbocycles. The number of carbonyl (C=O) groups excluding carboxylic acids is 1. The number of hydrogen-bond acceptors (Lipinski definition) is 3. The third-order valence-corrected chi connectivity index (χ3v) is 4.53. The van der Waals surface area contributed by atoms with Gasteiger partial charge in [0.15, 0.2) is 0 Å². The van der Waals surface area contributed by atoms with Gasteiger partial charge in [0.25, 0.3) is 5.56 Å². The molecular weight excluding hydrogens is 326 g/mol. The van der Waals surface area contributed by atoms with Crippen molar-refractivity contribution in [3.63, 3.8) is 0 Å². The minimum Gasteiger partial charge on any atom is -0.462 e. The van der Waals surface area contributed by atoms with Crippen molar-refractivity contribution in [2.45, 2.75) is 39.2 Å². The number of hydrogen-bond donors (Lipinski definition) is 0. The molecular formula is C19H20ClNO3. The van der Waals surface area contributed by atoms with Crippen molar-refractivity contribution in [1.29, 1.82) is 0 Å². The molecule has 2 heterocycles. The molecule has 0 N–H and O–H groups in total. The fraction of sp³-hybridized carbons (Fsp3) is 0.368. The molecule has 1 aromatic carbocycles. The summed E-state index contributed by atoms with van der Waals surface area (Å²) in [7, 11) is 0. The molecule has 0 bridgehead atoms. The highest BCUT2D eigenvalue weighted by Crippen LogP contribution is 2.21. The lowest BCUT2D eigenvalue weighted by atomic mass is 9.98. The number of pyridine rings is 1. The number of halogens is 1. The quantitative estimate of drug-likeness (QED) is 0.795. The SMILES string of the molecule is CCOC(=O)c1cc(Cc2cccc(Cl)c2)c(=O)n2c1CCCC2. The minimum atomic E-state index is -0.351. The average molecular weight is 346 g/mol. The Morgan fingerprint density at radius 3 is 2.88 bits per heavy atom. The maximum atomic E-state index is 12.8. The standard InChI is InChI=1S/C19H20ClNO3/c1-2-24-19(23)16-12-14(10-13-6-5-7-15(20)11-13)18(22)21-9-4-3-8-17(16)21/h5-7,11-12H,2-4,8-10H2,1H3. The molecule has 0 amide bonds. The molecule has 2 aromatic rings. The van der Waals surface area contributed by atoms with Gasteiger partial charge in [-0.05, 0) is 49.9 Å². The van der Waals surface area contributed by atoms with Gasteiger partial charge in [-0.25, -0.2) is 4.79 Å². The molecule has 24 heavy (non-hydrogen) atoms. The number of rotatable bonds is 4. The maximum absolute atomic E-state index is 12.8. The van der Waals surface area contributed by atoms with Crippen molar-refractivity contribution >= 4 is 17.6 Å². The number of nitrogens with zero attached hydrogens (tertiary/aromatic N) is 1. The van der Waals surface area contributed by atoms with Crippen LogP contribution < -0.4 is 5.56 Å². The van der Waals surface area contributed by atoms with Crippen LogP contribution in [0.25, 0.3) is 0 Å². The normalized spacial score (nSPS) is 13.4. The van der Waals surface area contributed by atoms with Crippen LogP contribution in [-0.4, -0.2) is 17.1 Å². The molecule has 0 atom stereocenters. The first-order chi connectivity index (χ1) is 11.6. The van der Waals surface area contributed by atoms with Crippen LogP contribution in [0.15, 0.2) is 35.1 Å². The Hall–Kier alpha value is -2.07. The molecule has 0 fully saturated rings. The monoisotopic (exact) mass is 345 g/mol. The van der Waals surface area contributed by atoms with Crippen molar-refractivity contribution in [3.05, 3.63) is 68.1 Å². The van der Waals surface area contributed by atoms with Gasteiger partial charge in [0.05, 0.1) is 12.2 Å². The van der Waals surface area contributed by atoms with E-state index >= 15 is 0 Å². The summed E-state index contributed by atoms with van der Waals surface area (Å²) in [5.74, 6) is -0.351. The first-order valence-electron chi connectivity index (χ1n) is 8.27. The van der Waals surface area contributed by atoms with E-state index in [2.05, 4.69) is 0 Å². The van der Waals surface area contributed by atoms with Crippen LogP contribution in [0.3, 0.4) is 0 Å². The Balaban J connectivity index is 2.07. The average Bonchev–Trinajstić information content (AvgIpc) is 2.58. The van der Waals surface area contributed by atoms with Crippen molar-refractivity contribution in [1.82, 2.24) is 4.57 Å². The Labute approximate surface area is 146 Å². The van der Waals surface area contributed by atoms with Gasteiger partial charge in [-0.2, -0.15) is 0 Å². The summed E-state index contributed by atoms with van der Waals surface area (Å²) in [5.41, 5.74) is 2.86. The first-order valence-corrected chi connectivity index (χ1v) is 8.65. The van der Waals surface area contributed by atoms with E-state index in [1.54, 1.807) is 23.6 Å². The van der Waals surface area contributed by atoms with Crippen molar-refractivity contribution in [2.24, 2.45) is 0 Å². The predicted molar refractivity (Wildman–Crippen MR) is 93.9 cm³/mol. The molecule has 0 saturated heterocycles. The number of benzene rings is 1. The highest BCUT2D eigenvalue weighted by atomic mass is 35.5. The zero-order valence-electron chi connectivity index (χ0n) is 13.7. The Morgan fingerprint density at radius 1 is 1.29 bits per heavy atom. The summed E-state index contributed by atoms with van der Waals surface area (Å²) in [5, 5.41) is 0.635. The van der Waals surface area contributed by atoms with Crippen LogP contribution >= 0.6 is 11.6 Å². The van der Waals surface area contributed by atoms with E-state index in [0.717, 1.165) is 30.5 Å². The molecule has 4 nitrogen and oxygen atoms in total. The second-order valence-corrected chi connectivity index (χ2v) is 6.41. The number of esters is 1. The van der Waals surface area contributed by atoms with Crippen LogP contribution in [0.1, 0.15) is 46.9 Å². The first kappa shape index (κ1) is 16.8. The van der Waals surface area contributed by atoms with Crippen LogP contribution in [0.4, 0.5) is 0 Å². The molecule has 3 rings (SSSR count). The Kier molecular flexibility index (Phi) is 5.05. The Morgan fingerprint density at radius 2 is 2.12 bits per heavy atom. The zero-order chi connectivity index (χ0) is 17.1. The maximum Gasteiger partial charge on any atom is 0.339 e. The van der Waals surface area contributed by atoms with Crippen molar-refractivity contribution in [3.8, 4) is 0 Å². The molecule has 1 aliphatic heterocycles. The van der Waals surface area contributed by atoms with Gasteiger partial charge in [-0.3, -0.25) is 4.79 Å². The fourth-order valence-electron chi connectivity index (χ4n) is 3.21. The topological polar surface area (TPSA) is 48.3 Å². The summed E-state index contributed by atoms with van der Waals surface area (Å²) < 4.78 is 6.93. The lowest BCUT2D eigenvalue weighted by Gasteiger charge is -2.22. The number of ether oxygens (including phenoxy) is 1. The smallest absolute Gasteiger partial charge is 0.339 e. The summed E-state index contributed by atoms with van der Waals surface area (Å²) in [6.45, 7) is 2.76. The molecule has 126 valence electrons. The van der Waals surface area contributed by atoms with E-state index in [9.17, 15) is 9.59 Å². The summed E-state index contributed by atoms with van der Waals surface area (Å²) in [4.78, 5) is 25.1. The fourth-order valence-corrected chi connectivity index (χ4v) is 3.42. The molecule has 0 unspecified atom stereocenters. The second kappa shape index (κ2) is 7.22. The lowest BCUT2D eigenvalue weighted by Crippen LogP contribution is -2.32. The molecule has 1 aliphatic rings. The van der Waals surface area contributed by atoms with Gasteiger partial charge in [-0.1, -0.05) is 23.7 Å². The van der Waals surface area contributed by atoms with Crippen LogP contribution in [0.2, 0.25) is 5.02 Å². The number of carbonyl (C=O) groups is 1. The molecule has 5 heteroatoms. The lowest BCUT2D eigenvalue weighted by molar-refractivity contribution is 0.0523. The highest BCUT2D eigenvalue weighted by Gasteiger charge is 2.22. The number of aromatic nitrogens is 1.